The maximum absolute atomic E-state index is 12.2. The van der Waals surface area contributed by atoms with Crippen LogP contribution in [0.3, 0.4) is 0 Å². The zero-order chi connectivity index (χ0) is 29.6. The summed E-state index contributed by atoms with van der Waals surface area (Å²) in [6.07, 6.45) is 0.526. The summed E-state index contributed by atoms with van der Waals surface area (Å²) in [5, 5.41) is 2.67. The Balaban J connectivity index is 0.000000526. The summed E-state index contributed by atoms with van der Waals surface area (Å²) < 4.78 is 15.6. The standard InChI is InChI=1S/C23H35N3O5.C8H10O/c1-22(2,3)31-21(29)26-15-13-25(14-16-26)12-11-23(4,5)19(17-27)24-20(28)30-18-9-7-6-8-10-18;1-9-7-8-5-3-2-4-6-8/h6-10,17,19H,11-16H2,1-5H3,(H,24,28);2-6H,7H2,1H3. The van der Waals surface area contributed by atoms with Crippen LogP contribution in [0, 0.1) is 5.41 Å². The van der Waals surface area contributed by atoms with Crippen LogP contribution in [0.15, 0.2) is 60.7 Å². The number of benzene rings is 2. The number of nitrogens with one attached hydrogen (secondary N) is 1. The van der Waals surface area contributed by atoms with Crippen LogP contribution in [0.4, 0.5) is 9.59 Å². The summed E-state index contributed by atoms with van der Waals surface area (Å²) in [6.45, 7) is 13.6. The third kappa shape index (κ3) is 12.2. The fourth-order valence-electron chi connectivity index (χ4n) is 3.99. The number of rotatable bonds is 9. The summed E-state index contributed by atoms with van der Waals surface area (Å²) in [6, 6.07) is 18.2. The van der Waals surface area contributed by atoms with Gasteiger partial charge in [0.25, 0.3) is 0 Å². The van der Waals surface area contributed by atoms with E-state index in [2.05, 4.69) is 10.2 Å². The van der Waals surface area contributed by atoms with Gasteiger partial charge in [0.15, 0.2) is 0 Å². The molecule has 0 aliphatic carbocycles. The second-order valence-electron chi connectivity index (χ2n) is 11.4. The molecule has 1 aliphatic rings. The first kappa shape index (κ1) is 32.8. The normalized spacial score (nSPS) is 14.8. The zero-order valence-electron chi connectivity index (χ0n) is 24.7. The minimum atomic E-state index is -0.674. The molecule has 0 radical (unpaired) electrons. The lowest BCUT2D eigenvalue weighted by Crippen LogP contribution is -2.52. The van der Waals surface area contributed by atoms with Crippen LogP contribution in [0.5, 0.6) is 5.75 Å². The minimum absolute atomic E-state index is 0.283. The highest BCUT2D eigenvalue weighted by molar-refractivity contribution is 5.75. The smallest absolute Gasteiger partial charge is 0.413 e. The molecule has 220 valence electrons. The highest BCUT2D eigenvalue weighted by atomic mass is 16.6. The third-order valence-electron chi connectivity index (χ3n) is 6.46. The van der Waals surface area contributed by atoms with Crippen molar-refractivity contribution in [3.63, 3.8) is 0 Å². The van der Waals surface area contributed by atoms with E-state index in [4.69, 9.17) is 14.2 Å². The number of para-hydroxylation sites is 1. The van der Waals surface area contributed by atoms with Gasteiger partial charge in [-0.15, -0.1) is 0 Å². The molecule has 1 heterocycles. The van der Waals surface area contributed by atoms with Crippen molar-refractivity contribution in [1.82, 2.24) is 15.1 Å². The molecular formula is C31H45N3O6. The quantitative estimate of drug-likeness (QED) is 0.428. The molecule has 0 aromatic heterocycles. The molecule has 2 amide bonds. The molecular weight excluding hydrogens is 510 g/mol. The lowest BCUT2D eigenvalue weighted by molar-refractivity contribution is -0.112. The summed E-state index contributed by atoms with van der Waals surface area (Å²) in [5.41, 5.74) is 0.260. The zero-order valence-corrected chi connectivity index (χ0v) is 24.7. The Hall–Kier alpha value is -3.43. The third-order valence-corrected chi connectivity index (χ3v) is 6.46. The van der Waals surface area contributed by atoms with Crippen molar-refractivity contribution >= 4 is 18.5 Å². The second kappa shape index (κ2) is 16.0. The van der Waals surface area contributed by atoms with Gasteiger partial charge in [0.05, 0.1) is 12.6 Å². The number of hydrogen-bond donors (Lipinski definition) is 1. The molecule has 9 nitrogen and oxygen atoms in total. The number of piperazine rings is 1. The number of amides is 2. The Morgan fingerprint density at radius 1 is 0.925 bits per heavy atom. The molecule has 1 unspecified atom stereocenters. The van der Waals surface area contributed by atoms with E-state index in [0.717, 1.165) is 25.9 Å². The average Bonchev–Trinajstić information content (AvgIpc) is 2.91. The van der Waals surface area contributed by atoms with E-state index in [1.165, 1.54) is 5.56 Å². The van der Waals surface area contributed by atoms with Crippen LogP contribution in [-0.2, 0) is 20.9 Å². The monoisotopic (exact) mass is 555 g/mol. The average molecular weight is 556 g/mol. The van der Waals surface area contributed by atoms with E-state index in [1.54, 1.807) is 36.3 Å². The fraction of sp³-hybridized carbons (Fsp3) is 0.516. The molecule has 1 N–H and O–H groups in total. The Bertz CT molecular complexity index is 1030. The maximum Gasteiger partial charge on any atom is 0.413 e. The largest absolute Gasteiger partial charge is 0.444 e. The topological polar surface area (TPSA) is 97.4 Å². The summed E-state index contributed by atoms with van der Waals surface area (Å²) in [5.74, 6) is 0.422. The predicted molar refractivity (Wildman–Crippen MR) is 155 cm³/mol. The first-order valence-electron chi connectivity index (χ1n) is 13.7. The molecule has 0 bridgehead atoms. The highest BCUT2D eigenvalue weighted by Crippen LogP contribution is 2.25. The van der Waals surface area contributed by atoms with Gasteiger partial charge in [0.2, 0.25) is 0 Å². The van der Waals surface area contributed by atoms with E-state index in [-0.39, 0.29) is 6.09 Å². The Kier molecular flexibility index (Phi) is 13.1. The molecule has 1 fully saturated rings. The molecule has 1 aliphatic heterocycles. The minimum Gasteiger partial charge on any atom is -0.444 e. The van der Waals surface area contributed by atoms with Gasteiger partial charge in [-0.2, -0.15) is 0 Å². The van der Waals surface area contributed by atoms with Crippen LogP contribution in [0.2, 0.25) is 0 Å². The number of ether oxygens (including phenoxy) is 3. The Morgan fingerprint density at radius 2 is 1.50 bits per heavy atom. The van der Waals surface area contributed by atoms with E-state index < -0.39 is 23.2 Å². The second-order valence-corrected chi connectivity index (χ2v) is 11.4. The number of hydrogen-bond acceptors (Lipinski definition) is 7. The number of aldehydes is 1. The van der Waals surface area contributed by atoms with Crippen LogP contribution < -0.4 is 10.1 Å². The molecule has 0 spiro atoms. The van der Waals surface area contributed by atoms with Crippen LogP contribution in [0.25, 0.3) is 0 Å². The van der Waals surface area contributed by atoms with Crippen LogP contribution in [0.1, 0.15) is 46.6 Å². The fourth-order valence-corrected chi connectivity index (χ4v) is 3.99. The van der Waals surface area contributed by atoms with Gasteiger partial charge in [0.1, 0.15) is 17.6 Å². The maximum atomic E-state index is 12.2. The molecule has 2 aromatic rings. The van der Waals surface area contributed by atoms with E-state index in [9.17, 15) is 14.4 Å². The Morgan fingerprint density at radius 3 is 2.02 bits per heavy atom. The lowest BCUT2D eigenvalue weighted by Gasteiger charge is -2.38. The van der Waals surface area contributed by atoms with Crippen molar-refractivity contribution in [2.75, 3.05) is 39.8 Å². The van der Waals surface area contributed by atoms with Gasteiger partial charge in [-0.25, -0.2) is 9.59 Å². The molecule has 9 heteroatoms. The predicted octanol–water partition coefficient (Wildman–Crippen LogP) is 5.14. The number of methoxy groups -OCH3 is 1. The Labute approximate surface area is 238 Å². The van der Waals surface area contributed by atoms with Crippen molar-refractivity contribution in [3.05, 3.63) is 66.2 Å². The van der Waals surface area contributed by atoms with E-state index in [1.807, 2.05) is 71.0 Å². The molecule has 40 heavy (non-hydrogen) atoms. The van der Waals surface area contributed by atoms with Crippen molar-refractivity contribution in [1.29, 1.82) is 0 Å². The molecule has 2 aromatic carbocycles. The molecule has 0 saturated carbocycles. The number of nitrogens with zero attached hydrogens (tertiary/aromatic N) is 2. The molecule has 1 atom stereocenters. The molecule has 3 rings (SSSR count). The molecule has 1 saturated heterocycles. The number of carbonyl (C=O) groups excluding carboxylic acids is 3. The van der Waals surface area contributed by atoms with Crippen molar-refractivity contribution < 1.29 is 28.6 Å². The summed E-state index contributed by atoms with van der Waals surface area (Å²) in [7, 11) is 1.70. The van der Waals surface area contributed by atoms with Gasteiger partial charge in [-0.1, -0.05) is 62.4 Å². The first-order chi connectivity index (χ1) is 18.9. The van der Waals surface area contributed by atoms with Crippen LogP contribution >= 0.6 is 0 Å². The van der Waals surface area contributed by atoms with E-state index >= 15 is 0 Å². The SMILES string of the molecule is CC(C)(C)OC(=O)N1CCN(CCC(C)(C)C(C=O)NC(=O)Oc2ccccc2)CC1.COCc1ccccc1. The van der Waals surface area contributed by atoms with Crippen LogP contribution in [-0.4, -0.2) is 79.7 Å². The van der Waals surface area contributed by atoms with Gasteiger partial charge in [-0.3, -0.25) is 4.90 Å². The van der Waals surface area contributed by atoms with Gasteiger partial charge >= 0.3 is 12.2 Å². The van der Waals surface area contributed by atoms with Crippen molar-refractivity contribution in [2.45, 2.75) is 59.3 Å². The van der Waals surface area contributed by atoms with Crippen molar-refractivity contribution in [2.24, 2.45) is 5.41 Å². The summed E-state index contributed by atoms with van der Waals surface area (Å²) in [4.78, 5) is 40.0. The lowest BCUT2D eigenvalue weighted by atomic mass is 9.81. The first-order valence-corrected chi connectivity index (χ1v) is 13.7. The van der Waals surface area contributed by atoms with Gasteiger partial charge < -0.3 is 29.2 Å². The van der Waals surface area contributed by atoms with E-state index in [0.29, 0.717) is 31.9 Å². The van der Waals surface area contributed by atoms with Gasteiger partial charge in [0, 0.05) is 33.3 Å². The van der Waals surface area contributed by atoms with Gasteiger partial charge in [-0.05, 0) is 56.8 Å². The summed E-state index contributed by atoms with van der Waals surface area (Å²) >= 11 is 0. The van der Waals surface area contributed by atoms with Crippen molar-refractivity contribution in [3.8, 4) is 5.75 Å². The number of carbonyl (C=O) groups is 3. The highest BCUT2D eigenvalue weighted by Gasteiger charge is 2.32.